The zero-order valence-corrected chi connectivity index (χ0v) is 12.7. The molecule has 2 aromatic rings. The number of hydrogen-bond donors (Lipinski definition) is 0. The van der Waals surface area contributed by atoms with Crippen LogP contribution < -0.4 is 4.90 Å². The van der Waals surface area contributed by atoms with Crippen molar-refractivity contribution in [2.75, 3.05) is 4.90 Å². The van der Waals surface area contributed by atoms with Gasteiger partial charge in [0.15, 0.2) is 0 Å². The molecule has 1 aromatic heterocycles. The molecule has 108 valence electrons. The number of ketones is 1. The van der Waals surface area contributed by atoms with Crippen molar-refractivity contribution in [2.45, 2.75) is 20.4 Å². The van der Waals surface area contributed by atoms with Gasteiger partial charge >= 0.3 is 0 Å². The van der Waals surface area contributed by atoms with Gasteiger partial charge in [0, 0.05) is 7.05 Å². The van der Waals surface area contributed by atoms with Crippen molar-refractivity contribution in [3.63, 3.8) is 0 Å². The number of hydrogen-bond acceptors (Lipinski definition) is 3. The smallest absolute Gasteiger partial charge is 0.299 e. The van der Waals surface area contributed by atoms with Crippen LogP contribution in [0.25, 0.3) is 0 Å². The van der Waals surface area contributed by atoms with Crippen molar-refractivity contribution < 1.29 is 9.59 Å². The van der Waals surface area contributed by atoms with E-state index in [1.54, 1.807) is 11.6 Å². The molecule has 0 radical (unpaired) electrons. The molecule has 1 amide bonds. The second kappa shape index (κ2) is 4.70. The molecule has 0 unspecified atom stereocenters. The third-order valence-corrected chi connectivity index (χ3v) is 4.09. The molecule has 1 aromatic carbocycles. The summed E-state index contributed by atoms with van der Waals surface area (Å²) in [5.74, 6) is -0.339. The second-order valence-corrected chi connectivity index (χ2v) is 5.64. The first kappa shape index (κ1) is 13.8. The van der Waals surface area contributed by atoms with Crippen LogP contribution in [-0.2, 0) is 18.4 Å². The molecule has 0 saturated heterocycles. The van der Waals surface area contributed by atoms with E-state index >= 15 is 0 Å². The molecule has 0 bridgehead atoms. The molecule has 3 rings (SSSR count). The van der Waals surface area contributed by atoms with Crippen molar-refractivity contribution in [3.8, 4) is 0 Å². The summed E-state index contributed by atoms with van der Waals surface area (Å²) in [6.45, 7) is 4.01. The molecule has 0 atom stereocenters. The van der Waals surface area contributed by atoms with E-state index in [1.807, 2.05) is 26.0 Å². The number of anilines is 1. The van der Waals surface area contributed by atoms with Gasteiger partial charge in [-0.05, 0) is 31.0 Å². The third kappa shape index (κ3) is 2.05. The summed E-state index contributed by atoms with van der Waals surface area (Å²) < 4.78 is 1.69. The fraction of sp³-hybridized carbons (Fsp3) is 0.267. The Kier molecular flexibility index (Phi) is 3.10. The number of carbonyl (C=O) groups is 2. The van der Waals surface area contributed by atoms with Crippen molar-refractivity contribution >= 4 is 29.0 Å². The van der Waals surface area contributed by atoms with Crippen molar-refractivity contribution in [1.29, 1.82) is 0 Å². The summed E-state index contributed by atoms with van der Waals surface area (Å²) >= 11 is 5.96. The van der Waals surface area contributed by atoms with Crippen LogP contribution in [0.2, 0.25) is 5.15 Å². The Labute approximate surface area is 127 Å². The Bertz CT molecular complexity index is 779. The number of benzene rings is 1. The third-order valence-electron chi connectivity index (χ3n) is 3.74. The summed E-state index contributed by atoms with van der Waals surface area (Å²) in [5.41, 5.74) is 2.98. The van der Waals surface area contributed by atoms with E-state index in [2.05, 4.69) is 4.98 Å². The molecule has 21 heavy (non-hydrogen) atoms. The van der Waals surface area contributed by atoms with Crippen molar-refractivity contribution in [2.24, 2.45) is 7.05 Å². The second-order valence-electron chi connectivity index (χ2n) is 5.25. The SMILES string of the molecule is Cc1cc(C)c2c(c1)N(Cc1ncc(Cl)n1C)C(=O)C2=O. The number of fused-ring (bicyclic) bond motifs is 1. The van der Waals surface area contributed by atoms with E-state index < -0.39 is 11.7 Å². The Morgan fingerprint density at radius 1 is 1.24 bits per heavy atom. The molecule has 0 spiro atoms. The van der Waals surface area contributed by atoms with Gasteiger partial charge in [-0.1, -0.05) is 17.7 Å². The summed E-state index contributed by atoms with van der Waals surface area (Å²) in [6.07, 6.45) is 1.53. The van der Waals surface area contributed by atoms with Crippen molar-refractivity contribution in [3.05, 3.63) is 46.0 Å². The number of carbonyl (C=O) groups excluding carboxylic acids is 2. The summed E-state index contributed by atoms with van der Waals surface area (Å²) in [4.78, 5) is 30.1. The van der Waals surface area contributed by atoms with Crippen LogP contribution in [0.4, 0.5) is 5.69 Å². The van der Waals surface area contributed by atoms with E-state index in [0.717, 1.165) is 11.1 Å². The molecule has 0 aliphatic carbocycles. The van der Waals surface area contributed by atoms with Crippen LogP contribution in [0.3, 0.4) is 0 Å². The zero-order valence-electron chi connectivity index (χ0n) is 12.0. The van der Waals surface area contributed by atoms with Crippen LogP contribution in [0.1, 0.15) is 27.3 Å². The van der Waals surface area contributed by atoms with Gasteiger partial charge in [0.2, 0.25) is 0 Å². The Hall–Kier alpha value is -2.14. The minimum atomic E-state index is -0.516. The summed E-state index contributed by atoms with van der Waals surface area (Å²) in [6, 6.07) is 3.76. The van der Waals surface area contributed by atoms with Gasteiger partial charge in [-0.25, -0.2) is 4.98 Å². The lowest BCUT2D eigenvalue weighted by Crippen LogP contribution is -2.30. The molecule has 6 heteroatoms. The van der Waals surface area contributed by atoms with Gasteiger partial charge in [-0.2, -0.15) is 0 Å². The maximum atomic E-state index is 12.3. The van der Waals surface area contributed by atoms with Crippen LogP contribution in [0.5, 0.6) is 0 Å². The van der Waals surface area contributed by atoms with E-state index in [9.17, 15) is 9.59 Å². The van der Waals surface area contributed by atoms with Crippen LogP contribution >= 0.6 is 11.6 Å². The number of imidazole rings is 1. The largest absolute Gasteiger partial charge is 0.321 e. The molecule has 0 N–H and O–H groups in total. The van der Waals surface area contributed by atoms with E-state index in [1.165, 1.54) is 11.1 Å². The lowest BCUT2D eigenvalue weighted by atomic mass is 10.0. The predicted octanol–water partition coefficient (Wildman–Crippen LogP) is 2.42. The first-order chi connectivity index (χ1) is 9.90. The minimum absolute atomic E-state index is 0.226. The number of Topliss-reactive ketones (excluding diaryl/α,β-unsaturated/α-hetero) is 1. The average Bonchev–Trinajstić information content (AvgIpc) is 2.85. The highest BCUT2D eigenvalue weighted by Crippen LogP contribution is 2.33. The van der Waals surface area contributed by atoms with Gasteiger partial charge in [-0.15, -0.1) is 0 Å². The number of halogens is 1. The summed E-state index contributed by atoms with van der Waals surface area (Å²) in [5, 5.41) is 0.489. The number of aromatic nitrogens is 2. The molecule has 0 saturated carbocycles. The highest BCUT2D eigenvalue weighted by atomic mass is 35.5. The molecule has 1 aliphatic heterocycles. The first-order valence-electron chi connectivity index (χ1n) is 6.53. The number of rotatable bonds is 2. The molecule has 5 nitrogen and oxygen atoms in total. The topological polar surface area (TPSA) is 55.2 Å². The quantitative estimate of drug-likeness (QED) is 0.801. The van der Waals surface area contributed by atoms with Gasteiger partial charge < -0.3 is 4.57 Å². The highest BCUT2D eigenvalue weighted by molar-refractivity contribution is 6.52. The maximum Gasteiger partial charge on any atom is 0.299 e. The van der Waals surface area contributed by atoms with Gasteiger partial charge in [0.1, 0.15) is 11.0 Å². The van der Waals surface area contributed by atoms with E-state index in [4.69, 9.17) is 11.6 Å². The monoisotopic (exact) mass is 303 g/mol. The lowest BCUT2D eigenvalue weighted by molar-refractivity contribution is -0.114. The molecule has 0 fully saturated rings. The number of aryl methyl sites for hydroxylation is 2. The zero-order chi connectivity index (χ0) is 15.3. The van der Waals surface area contributed by atoms with Gasteiger partial charge in [-0.3, -0.25) is 14.5 Å². The standard InChI is InChI=1S/C15H14ClN3O2/c1-8-4-9(2)13-10(5-8)19(15(21)14(13)20)7-12-17-6-11(16)18(12)3/h4-6H,7H2,1-3H3. The fourth-order valence-electron chi connectivity index (χ4n) is 2.66. The summed E-state index contributed by atoms with van der Waals surface area (Å²) in [7, 11) is 1.77. The van der Waals surface area contributed by atoms with Gasteiger partial charge in [0.25, 0.3) is 11.7 Å². The first-order valence-corrected chi connectivity index (χ1v) is 6.91. The molecular formula is C15H14ClN3O2. The van der Waals surface area contributed by atoms with Crippen LogP contribution in [-0.4, -0.2) is 21.2 Å². The fourth-order valence-corrected chi connectivity index (χ4v) is 2.81. The normalized spacial score (nSPS) is 14.0. The average molecular weight is 304 g/mol. The van der Waals surface area contributed by atoms with Crippen LogP contribution in [0.15, 0.2) is 18.3 Å². The maximum absolute atomic E-state index is 12.3. The van der Waals surface area contributed by atoms with E-state index in [-0.39, 0.29) is 6.54 Å². The number of amides is 1. The molecular weight excluding hydrogens is 290 g/mol. The minimum Gasteiger partial charge on any atom is -0.321 e. The van der Waals surface area contributed by atoms with E-state index in [0.29, 0.717) is 22.2 Å². The number of nitrogens with zero attached hydrogens (tertiary/aromatic N) is 3. The lowest BCUT2D eigenvalue weighted by Gasteiger charge is -2.17. The van der Waals surface area contributed by atoms with Gasteiger partial charge in [0.05, 0.1) is 24.0 Å². The van der Waals surface area contributed by atoms with Crippen LogP contribution in [0, 0.1) is 13.8 Å². The van der Waals surface area contributed by atoms with Crippen molar-refractivity contribution in [1.82, 2.24) is 9.55 Å². The Balaban J connectivity index is 2.07. The Morgan fingerprint density at radius 2 is 1.95 bits per heavy atom. The highest BCUT2D eigenvalue weighted by Gasteiger charge is 2.37. The Morgan fingerprint density at radius 3 is 2.57 bits per heavy atom. The molecule has 1 aliphatic rings. The molecule has 2 heterocycles. The predicted molar refractivity (Wildman–Crippen MR) is 79.7 cm³/mol.